The van der Waals surface area contributed by atoms with Gasteiger partial charge in [0.2, 0.25) is 0 Å². The SMILES string of the molecule is CCOC(=O)C(OC(C)(C)C)c1c(C)cc2cc(C3CC3)c(F)cc2c1-c1ccc2c3c(ccnc13)CCO2. The fourth-order valence-corrected chi connectivity index (χ4v) is 5.83. The number of halogens is 1. The molecule has 1 aliphatic heterocycles. The number of pyridine rings is 1. The minimum atomic E-state index is -1.00. The maximum atomic E-state index is 15.6. The molecule has 1 aromatic heterocycles. The zero-order valence-electron chi connectivity index (χ0n) is 23.2. The van der Waals surface area contributed by atoms with E-state index in [1.807, 2.05) is 64.2 Å². The summed E-state index contributed by atoms with van der Waals surface area (Å²) in [4.78, 5) is 18.3. The van der Waals surface area contributed by atoms with Crippen LogP contribution in [0.2, 0.25) is 0 Å². The van der Waals surface area contributed by atoms with E-state index in [0.29, 0.717) is 12.2 Å². The molecule has 0 bridgehead atoms. The van der Waals surface area contributed by atoms with Gasteiger partial charge in [0, 0.05) is 29.1 Å². The van der Waals surface area contributed by atoms with E-state index in [0.717, 1.165) is 74.5 Å². The number of carbonyl (C=O) groups is 1. The molecule has 1 atom stereocenters. The van der Waals surface area contributed by atoms with Crippen molar-refractivity contribution in [3.05, 3.63) is 70.7 Å². The standard InChI is InChI=1S/C33H34FNO4/c1-6-37-32(36)31(39-33(3,4)5)27-18(2)15-21-16-23(19-7-8-19)25(34)17-24(21)29(27)22-9-10-26-28-20(12-14-38-26)11-13-35-30(22)28/h9-11,13,15-17,19,31H,6-8,12,14H2,1-5H3. The van der Waals surface area contributed by atoms with Gasteiger partial charge >= 0.3 is 5.97 Å². The fourth-order valence-electron chi connectivity index (χ4n) is 5.83. The molecule has 6 rings (SSSR count). The number of rotatable bonds is 6. The van der Waals surface area contributed by atoms with Crippen LogP contribution in [-0.2, 0) is 20.7 Å². The monoisotopic (exact) mass is 527 g/mol. The van der Waals surface area contributed by atoms with Gasteiger partial charge in [0.25, 0.3) is 0 Å². The average Bonchev–Trinajstić information content (AvgIpc) is 3.73. The highest BCUT2D eigenvalue weighted by molar-refractivity contribution is 6.09. The highest BCUT2D eigenvalue weighted by atomic mass is 19.1. The Morgan fingerprint density at radius 2 is 1.97 bits per heavy atom. The lowest BCUT2D eigenvalue weighted by Crippen LogP contribution is -2.29. The first kappa shape index (κ1) is 25.8. The molecule has 39 heavy (non-hydrogen) atoms. The van der Waals surface area contributed by atoms with Gasteiger partial charge in [-0.05, 0) is 117 Å². The number of fused-ring (bicyclic) bond motifs is 1. The number of hydrogen-bond acceptors (Lipinski definition) is 5. The second-order valence-corrected chi connectivity index (χ2v) is 11.6. The van der Waals surface area contributed by atoms with E-state index < -0.39 is 17.7 Å². The molecule has 1 fully saturated rings. The molecule has 202 valence electrons. The summed E-state index contributed by atoms with van der Waals surface area (Å²) in [6.45, 7) is 10.4. The largest absolute Gasteiger partial charge is 0.493 e. The predicted octanol–water partition coefficient (Wildman–Crippen LogP) is 7.73. The molecule has 0 saturated heterocycles. The summed E-state index contributed by atoms with van der Waals surface area (Å²) in [5.41, 5.74) is 5.17. The minimum Gasteiger partial charge on any atom is -0.493 e. The van der Waals surface area contributed by atoms with Crippen LogP contribution >= 0.6 is 0 Å². The Labute approximate surface area is 228 Å². The lowest BCUT2D eigenvalue weighted by molar-refractivity contribution is -0.166. The van der Waals surface area contributed by atoms with Crippen LogP contribution < -0.4 is 4.74 Å². The molecular weight excluding hydrogens is 493 g/mol. The Kier molecular flexibility index (Phi) is 6.34. The van der Waals surface area contributed by atoms with Gasteiger partial charge in [0.1, 0.15) is 11.6 Å². The van der Waals surface area contributed by atoms with Crippen molar-refractivity contribution < 1.29 is 23.4 Å². The summed E-state index contributed by atoms with van der Waals surface area (Å²) >= 11 is 0. The van der Waals surface area contributed by atoms with Crippen LogP contribution in [0.15, 0.2) is 42.6 Å². The molecule has 1 aliphatic carbocycles. The molecule has 0 spiro atoms. The number of nitrogens with zero attached hydrogens (tertiary/aromatic N) is 1. The number of hydrogen-bond donors (Lipinski definition) is 0. The van der Waals surface area contributed by atoms with Gasteiger partial charge in [-0.25, -0.2) is 9.18 Å². The van der Waals surface area contributed by atoms with Crippen molar-refractivity contribution in [2.45, 2.75) is 71.5 Å². The number of benzene rings is 3. The van der Waals surface area contributed by atoms with Gasteiger partial charge in [-0.3, -0.25) is 4.98 Å². The third-order valence-electron chi connectivity index (χ3n) is 7.59. The fraction of sp³-hybridized carbons (Fsp3) is 0.394. The molecule has 0 radical (unpaired) electrons. The maximum absolute atomic E-state index is 15.6. The highest BCUT2D eigenvalue weighted by Crippen LogP contribution is 2.48. The highest BCUT2D eigenvalue weighted by Gasteiger charge is 2.34. The maximum Gasteiger partial charge on any atom is 0.339 e. The molecule has 3 aromatic carbocycles. The Bertz CT molecular complexity index is 1610. The van der Waals surface area contributed by atoms with Crippen molar-refractivity contribution >= 4 is 27.6 Å². The second-order valence-electron chi connectivity index (χ2n) is 11.6. The molecule has 2 aliphatic rings. The first-order valence-corrected chi connectivity index (χ1v) is 13.8. The molecule has 6 heteroatoms. The normalized spacial score (nSPS) is 15.8. The van der Waals surface area contributed by atoms with Crippen molar-refractivity contribution in [3.63, 3.8) is 0 Å². The summed E-state index contributed by atoms with van der Waals surface area (Å²) in [7, 11) is 0. The van der Waals surface area contributed by atoms with E-state index in [1.54, 1.807) is 13.0 Å². The molecule has 0 amide bonds. The van der Waals surface area contributed by atoms with Crippen LogP contribution in [-0.4, -0.2) is 29.8 Å². The lowest BCUT2D eigenvalue weighted by Gasteiger charge is -2.30. The second kappa shape index (κ2) is 9.60. The zero-order chi connectivity index (χ0) is 27.5. The van der Waals surface area contributed by atoms with Crippen LogP contribution in [0, 0.1) is 12.7 Å². The van der Waals surface area contributed by atoms with Gasteiger partial charge < -0.3 is 14.2 Å². The Balaban J connectivity index is 1.72. The van der Waals surface area contributed by atoms with Crippen LogP contribution in [0.4, 0.5) is 4.39 Å². The van der Waals surface area contributed by atoms with Crippen LogP contribution in [0.25, 0.3) is 32.8 Å². The van der Waals surface area contributed by atoms with Crippen molar-refractivity contribution in [2.24, 2.45) is 0 Å². The molecule has 0 N–H and O–H groups in total. The minimum absolute atomic E-state index is 0.218. The van der Waals surface area contributed by atoms with E-state index in [9.17, 15) is 4.79 Å². The van der Waals surface area contributed by atoms with Crippen molar-refractivity contribution in [2.75, 3.05) is 13.2 Å². The van der Waals surface area contributed by atoms with E-state index in [4.69, 9.17) is 19.2 Å². The topological polar surface area (TPSA) is 57.7 Å². The molecule has 5 nitrogen and oxygen atoms in total. The van der Waals surface area contributed by atoms with Gasteiger partial charge in [-0.15, -0.1) is 0 Å². The summed E-state index contributed by atoms with van der Waals surface area (Å²) in [6, 6.07) is 11.6. The summed E-state index contributed by atoms with van der Waals surface area (Å²) in [6.07, 6.45) is 3.62. The van der Waals surface area contributed by atoms with Gasteiger partial charge in [-0.2, -0.15) is 0 Å². The third kappa shape index (κ3) is 4.65. The van der Waals surface area contributed by atoms with Crippen molar-refractivity contribution in [1.82, 2.24) is 4.98 Å². The Morgan fingerprint density at radius 1 is 1.18 bits per heavy atom. The van der Waals surface area contributed by atoms with E-state index in [-0.39, 0.29) is 18.3 Å². The number of aromatic nitrogens is 1. The molecule has 2 heterocycles. The predicted molar refractivity (Wildman–Crippen MR) is 151 cm³/mol. The quantitative estimate of drug-likeness (QED) is 0.240. The van der Waals surface area contributed by atoms with E-state index in [2.05, 4.69) is 0 Å². The van der Waals surface area contributed by atoms with Crippen LogP contribution in [0.1, 0.15) is 74.8 Å². The Morgan fingerprint density at radius 3 is 2.69 bits per heavy atom. The smallest absolute Gasteiger partial charge is 0.339 e. The molecular formula is C33H34FNO4. The lowest BCUT2D eigenvalue weighted by atomic mass is 9.85. The summed E-state index contributed by atoms with van der Waals surface area (Å²) < 4.78 is 33.6. The van der Waals surface area contributed by atoms with Crippen LogP contribution in [0.3, 0.4) is 0 Å². The van der Waals surface area contributed by atoms with Gasteiger partial charge in [-0.1, -0.05) is 6.07 Å². The number of aryl methyl sites for hydroxylation is 1. The van der Waals surface area contributed by atoms with Crippen LogP contribution in [0.5, 0.6) is 5.75 Å². The number of carbonyl (C=O) groups excluding carboxylic acids is 1. The number of ether oxygens (including phenoxy) is 3. The van der Waals surface area contributed by atoms with Gasteiger partial charge in [0.05, 0.1) is 24.3 Å². The van der Waals surface area contributed by atoms with E-state index in [1.165, 1.54) is 0 Å². The van der Waals surface area contributed by atoms with E-state index >= 15 is 4.39 Å². The van der Waals surface area contributed by atoms with Gasteiger partial charge in [0.15, 0.2) is 6.10 Å². The first-order chi connectivity index (χ1) is 18.7. The number of esters is 1. The summed E-state index contributed by atoms with van der Waals surface area (Å²) in [5.74, 6) is 0.375. The van der Waals surface area contributed by atoms with Crippen molar-refractivity contribution in [1.29, 1.82) is 0 Å². The molecule has 1 saturated carbocycles. The third-order valence-corrected chi connectivity index (χ3v) is 7.59. The molecule has 4 aromatic rings. The molecule has 1 unspecified atom stereocenters. The average molecular weight is 528 g/mol. The summed E-state index contributed by atoms with van der Waals surface area (Å²) in [5, 5.41) is 2.62. The van der Waals surface area contributed by atoms with Crippen molar-refractivity contribution in [3.8, 4) is 16.9 Å². The zero-order valence-corrected chi connectivity index (χ0v) is 23.2. The Hall–Kier alpha value is -3.51. The first-order valence-electron chi connectivity index (χ1n) is 13.8.